The second-order valence-corrected chi connectivity index (χ2v) is 7.94. The molecule has 150 valence electrons. The Morgan fingerprint density at radius 2 is 2.21 bits per heavy atom. The lowest BCUT2D eigenvalue weighted by Crippen LogP contribution is -2.42. The number of nitrogens with zero attached hydrogens (tertiary/aromatic N) is 3. The van der Waals surface area contributed by atoms with Crippen LogP contribution in [-0.2, 0) is 33.0 Å². The molecule has 1 saturated heterocycles. The Labute approximate surface area is 169 Å². The Morgan fingerprint density at radius 3 is 2.93 bits per heavy atom. The van der Waals surface area contributed by atoms with Crippen molar-refractivity contribution in [3.8, 4) is 0 Å². The number of nitrogens with two attached hydrogens (primary N) is 1. The van der Waals surface area contributed by atoms with Crippen molar-refractivity contribution in [3.05, 3.63) is 52.3 Å². The lowest BCUT2D eigenvalue weighted by molar-refractivity contribution is -0.148. The number of rotatable bonds is 6. The smallest absolute Gasteiger partial charge is 0.251 e. The number of methoxy groups -OCH3 is 1. The van der Waals surface area contributed by atoms with Gasteiger partial charge in [0, 0.05) is 43.5 Å². The highest BCUT2D eigenvalue weighted by Crippen LogP contribution is 2.50. The molecule has 2 aliphatic rings. The van der Waals surface area contributed by atoms with Crippen LogP contribution in [-0.4, -0.2) is 47.4 Å². The average molecular weight is 405 g/mol. The summed E-state index contributed by atoms with van der Waals surface area (Å²) in [6, 6.07) is 5.58. The van der Waals surface area contributed by atoms with Gasteiger partial charge in [0.05, 0.1) is 24.9 Å². The van der Waals surface area contributed by atoms with Crippen LogP contribution in [0, 0.1) is 0 Å². The first-order valence-electron chi connectivity index (χ1n) is 9.50. The highest BCUT2D eigenvalue weighted by Gasteiger charge is 2.48. The largest absolute Gasteiger partial charge is 0.383 e. The van der Waals surface area contributed by atoms with E-state index in [-0.39, 0.29) is 0 Å². The molecule has 7 nitrogen and oxygen atoms in total. The number of aromatic nitrogens is 2. The van der Waals surface area contributed by atoms with Crippen LogP contribution in [0.2, 0.25) is 5.02 Å². The number of carbonyl (C=O) groups excluding carboxylic acids is 1. The van der Waals surface area contributed by atoms with E-state index in [4.69, 9.17) is 26.8 Å². The van der Waals surface area contributed by atoms with Crippen LogP contribution in [0.25, 0.3) is 0 Å². The van der Waals surface area contributed by atoms with Gasteiger partial charge in [-0.05, 0) is 36.1 Å². The van der Waals surface area contributed by atoms with Gasteiger partial charge in [-0.3, -0.25) is 14.4 Å². The number of likely N-dealkylation sites (tertiary alicyclic amines) is 1. The monoisotopic (exact) mass is 404 g/mol. The summed E-state index contributed by atoms with van der Waals surface area (Å²) in [5, 5.41) is 5.03. The van der Waals surface area contributed by atoms with Crippen LogP contribution in [0.15, 0.2) is 30.6 Å². The van der Waals surface area contributed by atoms with Crippen LogP contribution in [0.1, 0.15) is 35.6 Å². The summed E-state index contributed by atoms with van der Waals surface area (Å²) in [6.07, 6.45) is 4.86. The van der Waals surface area contributed by atoms with E-state index in [1.807, 2.05) is 23.0 Å². The summed E-state index contributed by atoms with van der Waals surface area (Å²) in [5.41, 5.74) is 8.13. The van der Waals surface area contributed by atoms with Gasteiger partial charge in [0.15, 0.2) is 6.10 Å². The summed E-state index contributed by atoms with van der Waals surface area (Å²) >= 11 is 6.23. The van der Waals surface area contributed by atoms with Gasteiger partial charge in [0.1, 0.15) is 0 Å². The molecule has 28 heavy (non-hydrogen) atoms. The van der Waals surface area contributed by atoms with Crippen LogP contribution in [0.5, 0.6) is 0 Å². The Bertz CT molecular complexity index is 861. The fourth-order valence-corrected chi connectivity index (χ4v) is 4.40. The zero-order valence-electron chi connectivity index (χ0n) is 15.9. The van der Waals surface area contributed by atoms with E-state index in [2.05, 4.69) is 16.2 Å². The highest BCUT2D eigenvalue weighted by atomic mass is 35.5. The van der Waals surface area contributed by atoms with E-state index < -0.39 is 17.6 Å². The summed E-state index contributed by atoms with van der Waals surface area (Å²) in [7, 11) is 1.69. The van der Waals surface area contributed by atoms with Crippen molar-refractivity contribution in [1.82, 2.24) is 14.7 Å². The SMILES string of the molecule is COCCn1cc(CN2CCC3(CC2)OC(C(N)=O)c2ccc(Cl)cc23)cn1. The van der Waals surface area contributed by atoms with Crippen molar-refractivity contribution in [2.75, 3.05) is 26.8 Å². The third-order valence-corrected chi connectivity index (χ3v) is 5.91. The molecule has 2 aromatic rings. The number of amides is 1. The second kappa shape index (κ2) is 7.83. The van der Waals surface area contributed by atoms with E-state index in [1.165, 1.54) is 5.56 Å². The van der Waals surface area contributed by atoms with Crippen molar-refractivity contribution in [2.45, 2.75) is 37.6 Å². The number of benzene rings is 1. The van der Waals surface area contributed by atoms with Crippen LogP contribution in [0.3, 0.4) is 0 Å². The van der Waals surface area contributed by atoms with Gasteiger partial charge in [-0.15, -0.1) is 0 Å². The van der Waals surface area contributed by atoms with Crippen molar-refractivity contribution < 1.29 is 14.3 Å². The van der Waals surface area contributed by atoms with Crippen molar-refractivity contribution >= 4 is 17.5 Å². The molecule has 1 spiro atoms. The van der Waals surface area contributed by atoms with Gasteiger partial charge in [-0.25, -0.2) is 0 Å². The Balaban J connectivity index is 1.44. The third-order valence-electron chi connectivity index (χ3n) is 5.67. The van der Waals surface area contributed by atoms with E-state index in [1.54, 1.807) is 13.2 Å². The van der Waals surface area contributed by atoms with Gasteiger partial charge in [0.25, 0.3) is 5.91 Å². The molecule has 8 heteroatoms. The molecule has 2 aliphatic heterocycles. The molecular formula is C20H25ClN4O3. The molecule has 0 aliphatic carbocycles. The molecule has 0 radical (unpaired) electrons. The molecular weight excluding hydrogens is 380 g/mol. The molecule has 0 bridgehead atoms. The molecule has 1 aromatic carbocycles. The van der Waals surface area contributed by atoms with Crippen LogP contribution in [0.4, 0.5) is 0 Å². The first-order valence-corrected chi connectivity index (χ1v) is 9.88. The van der Waals surface area contributed by atoms with Gasteiger partial charge in [-0.2, -0.15) is 5.10 Å². The molecule has 1 atom stereocenters. The van der Waals surface area contributed by atoms with Crippen molar-refractivity contribution in [1.29, 1.82) is 0 Å². The normalized spacial score (nSPS) is 21.1. The Morgan fingerprint density at radius 1 is 1.43 bits per heavy atom. The molecule has 1 fully saturated rings. The number of fused-ring (bicyclic) bond motifs is 2. The van der Waals surface area contributed by atoms with E-state index in [0.717, 1.165) is 50.1 Å². The molecule has 1 unspecified atom stereocenters. The number of piperidine rings is 1. The van der Waals surface area contributed by atoms with Gasteiger partial charge in [-0.1, -0.05) is 17.7 Å². The molecule has 4 rings (SSSR count). The van der Waals surface area contributed by atoms with E-state index in [0.29, 0.717) is 11.6 Å². The predicted molar refractivity (Wildman–Crippen MR) is 105 cm³/mol. The maximum absolute atomic E-state index is 11.9. The quantitative estimate of drug-likeness (QED) is 0.798. The first kappa shape index (κ1) is 19.4. The van der Waals surface area contributed by atoms with Gasteiger partial charge < -0.3 is 15.2 Å². The first-order chi connectivity index (χ1) is 13.5. The fourth-order valence-electron chi connectivity index (χ4n) is 4.23. The van der Waals surface area contributed by atoms with E-state index >= 15 is 0 Å². The minimum absolute atomic E-state index is 0.452. The highest BCUT2D eigenvalue weighted by molar-refractivity contribution is 6.30. The molecule has 1 aromatic heterocycles. The Kier molecular flexibility index (Phi) is 5.42. The minimum Gasteiger partial charge on any atom is -0.383 e. The lowest BCUT2D eigenvalue weighted by atomic mass is 9.83. The summed E-state index contributed by atoms with van der Waals surface area (Å²) in [6.45, 7) is 3.96. The van der Waals surface area contributed by atoms with Crippen LogP contribution >= 0.6 is 11.6 Å². The molecule has 3 heterocycles. The number of primary amides is 1. The number of hydrogen-bond donors (Lipinski definition) is 1. The maximum Gasteiger partial charge on any atom is 0.251 e. The number of halogens is 1. The number of ether oxygens (including phenoxy) is 2. The van der Waals surface area contributed by atoms with Crippen molar-refractivity contribution in [3.63, 3.8) is 0 Å². The average Bonchev–Trinajstić information content (AvgIpc) is 3.25. The maximum atomic E-state index is 11.9. The predicted octanol–water partition coefficient (Wildman–Crippen LogP) is 2.23. The number of carbonyl (C=O) groups is 1. The fraction of sp³-hybridized carbons (Fsp3) is 0.500. The standard InChI is InChI=1S/C20H25ClN4O3/c1-27-9-8-25-13-14(11-23-25)12-24-6-4-20(5-7-24)17-10-15(21)2-3-16(17)18(28-20)19(22)26/h2-3,10-11,13,18H,4-9,12H2,1H3,(H2,22,26). The Hall–Kier alpha value is -1.93. The molecule has 2 N–H and O–H groups in total. The zero-order valence-corrected chi connectivity index (χ0v) is 16.7. The molecule has 0 saturated carbocycles. The van der Waals surface area contributed by atoms with Crippen molar-refractivity contribution in [2.24, 2.45) is 5.73 Å². The lowest BCUT2D eigenvalue weighted by Gasteiger charge is -2.39. The van der Waals surface area contributed by atoms with E-state index in [9.17, 15) is 4.79 Å². The minimum atomic E-state index is -0.696. The number of hydrogen-bond acceptors (Lipinski definition) is 5. The summed E-state index contributed by atoms with van der Waals surface area (Å²) in [4.78, 5) is 14.3. The summed E-state index contributed by atoms with van der Waals surface area (Å²) in [5.74, 6) is -0.452. The topological polar surface area (TPSA) is 82.6 Å². The molecule has 1 amide bonds. The third kappa shape index (κ3) is 3.67. The second-order valence-electron chi connectivity index (χ2n) is 7.51. The zero-order chi connectivity index (χ0) is 19.7. The van der Waals surface area contributed by atoms with Gasteiger partial charge >= 0.3 is 0 Å². The van der Waals surface area contributed by atoms with Gasteiger partial charge in [0.2, 0.25) is 0 Å². The van der Waals surface area contributed by atoms with Crippen LogP contribution < -0.4 is 5.73 Å². The summed E-state index contributed by atoms with van der Waals surface area (Å²) < 4.78 is 13.2.